The van der Waals surface area contributed by atoms with Crippen LogP contribution in [0, 0.1) is 0 Å². The largest absolute Gasteiger partial charge is 0.329 e. The third-order valence-electron chi connectivity index (χ3n) is 4.56. The number of imidazole rings is 1. The van der Waals surface area contributed by atoms with Crippen molar-refractivity contribution in [3.05, 3.63) is 53.2 Å². The molecule has 1 aromatic carbocycles. The molecular weight excluding hydrogens is 344 g/mol. The predicted octanol–water partition coefficient (Wildman–Crippen LogP) is 2.30. The summed E-state index contributed by atoms with van der Waals surface area (Å²) in [6.45, 7) is 4.00. The van der Waals surface area contributed by atoms with Gasteiger partial charge in [-0.05, 0) is 32.0 Å². The number of para-hydroxylation sites is 2. The minimum Gasteiger partial charge on any atom is -0.323 e. The summed E-state index contributed by atoms with van der Waals surface area (Å²) in [5.74, 6) is -0.286. The Morgan fingerprint density at radius 1 is 1.19 bits per heavy atom. The van der Waals surface area contributed by atoms with E-state index in [2.05, 4.69) is 15.4 Å². The molecule has 0 aliphatic carbocycles. The van der Waals surface area contributed by atoms with Gasteiger partial charge in [0.05, 0.1) is 29.1 Å². The quantitative estimate of drug-likeness (QED) is 0.602. The molecule has 0 saturated carbocycles. The average molecular weight is 364 g/mol. The fraction of sp³-hybridized carbons (Fsp3) is 0.263. The highest BCUT2D eigenvalue weighted by molar-refractivity contribution is 5.93. The fourth-order valence-electron chi connectivity index (χ4n) is 3.25. The van der Waals surface area contributed by atoms with Crippen molar-refractivity contribution < 1.29 is 4.79 Å². The Morgan fingerprint density at radius 3 is 2.67 bits per heavy atom. The van der Waals surface area contributed by atoms with Gasteiger partial charge >= 0.3 is 5.69 Å². The van der Waals surface area contributed by atoms with E-state index in [4.69, 9.17) is 0 Å². The maximum atomic E-state index is 12.5. The number of amides is 1. The second-order valence-corrected chi connectivity index (χ2v) is 6.78. The Bertz CT molecular complexity index is 1210. The molecule has 0 radical (unpaired) electrons. The number of pyridine rings is 1. The molecule has 0 unspecified atom stereocenters. The molecule has 4 rings (SSSR count). The van der Waals surface area contributed by atoms with Crippen LogP contribution in [0.5, 0.6) is 0 Å². The molecule has 0 bridgehead atoms. The van der Waals surface area contributed by atoms with Crippen molar-refractivity contribution in [1.29, 1.82) is 0 Å². The van der Waals surface area contributed by atoms with Gasteiger partial charge in [-0.3, -0.25) is 13.9 Å². The van der Waals surface area contributed by atoms with Gasteiger partial charge in [0.1, 0.15) is 6.54 Å². The Balaban J connectivity index is 1.59. The average Bonchev–Trinajstić information content (AvgIpc) is 3.17. The number of hydrogen-bond donors (Lipinski definition) is 1. The van der Waals surface area contributed by atoms with Gasteiger partial charge in [-0.25, -0.2) is 14.5 Å². The molecule has 138 valence electrons. The molecule has 3 heterocycles. The van der Waals surface area contributed by atoms with E-state index in [1.807, 2.05) is 48.9 Å². The van der Waals surface area contributed by atoms with Crippen LogP contribution < -0.4 is 11.0 Å². The summed E-state index contributed by atoms with van der Waals surface area (Å²) in [6, 6.07) is 9.43. The zero-order chi connectivity index (χ0) is 19.1. The van der Waals surface area contributed by atoms with E-state index >= 15 is 0 Å². The molecule has 8 heteroatoms. The first kappa shape index (κ1) is 17.0. The predicted molar refractivity (Wildman–Crippen MR) is 104 cm³/mol. The van der Waals surface area contributed by atoms with Crippen molar-refractivity contribution in [2.45, 2.75) is 26.4 Å². The molecule has 0 aliphatic rings. The second kappa shape index (κ2) is 6.39. The minimum atomic E-state index is -0.286. The molecule has 3 aromatic heterocycles. The maximum Gasteiger partial charge on any atom is 0.329 e. The fourth-order valence-corrected chi connectivity index (χ4v) is 3.25. The van der Waals surface area contributed by atoms with E-state index in [-0.39, 0.29) is 24.2 Å². The van der Waals surface area contributed by atoms with Crippen LogP contribution in [-0.2, 0) is 18.4 Å². The highest BCUT2D eigenvalue weighted by Crippen LogP contribution is 2.19. The highest BCUT2D eigenvalue weighted by Gasteiger charge is 2.14. The van der Waals surface area contributed by atoms with Gasteiger partial charge in [0, 0.05) is 18.5 Å². The first-order chi connectivity index (χ1) is 13.0. The van der Waals surface area contributed by atoms with Gasteiger partial charge in [-0.1, -0.05) is 12.1 Å². The van der Waals surface area contributed by atoms with Gasteiger partial charge in [0.25, 0.3) is 0 Å². The Kier molecular flexibility index (Phi) is 4.02. The van der Waals surface area contributed by atoms with E-state index in [1.54, 1.807) is 19.4 Å². The molecule has 0 fully saturated rings. The first-order valence-corrected chi connectivity index (χ1v) is 8.73. The standard InChI is InChI=1S/C19H20N6O2/c1-12(2)25-18-13(9-21-25)8-14(10-20-18)22-17(26)11-24-16-7-5-4-6-15(16)23(3)19(24)27/h4-10,12H,11H2,1-3H3,(H,22,26). The van der Waals surface area contributed by atoms with Crippen LogP contribution in [0.25, 0.3) is 22.1 Å². The number of aryl methyl sites for hydroxylation is 1. The van der Waals surface area contributed by atoms with E-state index in [0.29, 0.717) is 5.69 Å². The Labute approximate surface area is 155 Å². The number of rotatable bonds is 4. The van der Waals surface area contributed by atoms with Gasteiger partial charge in [-0.2, -0.15) is 5.10 Å². The van der Waals surface area contributed by atoms with Crippen molar-refractivity contribution >= 4 is 33.7 Å². The van der Waals surface area contributed by atoms with Gasteiger partial charge < -0.3 is 5.32 Å². The van der Waals surface area contributed by atoms with Crippen molar-refractivity contribution in [2.75, 3.05) is 5.32 Å². The number of hydrogen-bond acceptors (Lipinski definition) is 4. The van der Waals surface area contributed by atoms with Crippen LogP contribution in [0.2, 0.25) is 0 Å². The number of benzene rings is 1. The van der Waals surface area contributed by atoms with Gasteiger partial charge in [-0.15, -0.1) is 0 Å². The molecule has 27 heavy (non-hydrogen) atoms. The number of aromatic nitrogens is 5. The van der Waals surface area contributed by atoms with Crippen LogP contribution in [-0.4, -0.2) is 29.8 Å². The van der Waals surface area contributed by atoms with E-state index in [9.17, 15) is 9.59 Å². The molecule has 4 aromatic rings. The first-order valence-electron chi connectivity index (χ1n) is 8.73. The van der Waals surface area contributed by atoms with Crippen LogP contribution in [0.3, 0.4) is 0 Å². The summed E-state index contributed by atoms with van der Waals surface area (Å²) < 4.78 is 4.83. The number of anilines is 1. The van der Waals surface area contributed by atoms with E-state index in [1.165, 1.54) is 9.13 Å². The zero-order valence-electron chi connectivity index (χ0n) is 15.4. The lowest BCUT2D eigenvalue weighted by molar-refractivity contribution is -0.116. The summed E-state index contributed by atoms with van der Waals surface area (Å²) in [4.78, 5) is 29.4. The summed E-state index contributed by atoms with van der Waals surface area (Å²) in [6.07, 6.45) is 3.33. The van der Waals surface area contributed by atoms with Gasteiger partial charge in [0.15, 0.2) is 5.65 Å². The highest BCUT2D eigenvalue weighted by atomic mass is 16.2. The number of fused-ring (bicyclic) bond motifs is 2. The number of nitrogens with one attached hydrogen (secondary N) is 1. The summed E-state index contributed by atoms with van der Waals surface area (Å²) in [5, 5.41) is 7.99. The maximum absolute atomic E-state index is 12.5. The van der Waals surface area contributed by atoms with E-state index in [0.717, 1.165) is 22.1 Å². The smallest absolute Gasteiger partial charge is 0.323 e. The normalized spacial score (nSPS) is 11.6. The zero-order valence-corrected chi connectivity index (χ0v) is 15.4. The van der Waals surface area contributed by atoms with Crippen LogP contribution in [0.4, 0.5) is 5.69 Å². The third-order valence-corrected chi connectivity index (χ3v) is 4.56. The number of carbonyl (C=O) groups excluding carboxylic acids is 1. The van der Waals surface area contributed by atoms with Crippen LogP contribution >= 0.6 is 0 Å². The Hall–Kier alpha value is -3.42. The van der Waals surface area contributed by atoms with Crippen LogP contribution in [0.1, 0.15) is 19.9 Å². The summed E-state index contributed by atoms with van der Waals surface area (Å²) in [5.41, 5.74) is 2.64. The number of nitrogens with zero attached hydrogens (tertiary/aromatic N) is 5. The molecular formula is C19H20N6O2. The SMILES string of the molecule is CC(C)n1ncc2cc(NC(=O)Cn3c(=O)n(C)c4ccccc43)cnc21. The number of carbonyl (C=O) groups is 1. The van der Waals surface area contributed by atoms with Crippen LogP contribution in [0.15, 0.2) is 47.5 Å². The topological polar surface area (TPSA) is 86.7 Å². The molecule has 0 spiro atoms. The molecule has 0 atom stereocenters. The van der Waals surface area contributed by atoms with Crippen molar-refractivity contribution in [2.24, 2.45) is 7.05 Å². The van der Waals surface area contributed by atoms with Crippen molar-refractivity contribution in [3.63, 3.8) is 0 Å². The summed E-state index contributed by atoms with van der Waals surface area (Å²) in [7, 11) is 1.70. The lowest BCUT2D eigenvalue weighted by Crippen LogP contribution is -2.28. The molecule has 1 N–H and O–H groups in total. The molecule has 0 aliphatic heterocycles. The van der Waals surface area contributed by atoms with Crippen molar-refractivity contribution in [1.82, 2.24) is 23.9 Å². The monoisotopic (exact) mass is 364 g/mol. The summed E-state index contributed by atoms with van der Waals surface area (Å²) >= 11 is 0. The molecule has 8 nitrogen and oxygen atoms in total. The van der Waals surface area contributed by atoms with E-state index < -0.39 is 0 Å². The minimum absolute atomic E-state index is 0.0660. The lowest BCUT2D eigenvalue weighted by Gasteiger charge is -2.08. The molecule has 0 saturated heterocycles. The molecule has 1 amide bonds. The second-order valence-electron chi connectivity index (χ2n) is 6.78. The lowest BCUT2D eigenvalue weighted by atomic mass is 10.3. The Morgan fingerprint density at radius 2 is 1.93 bits per heavy atom. The van der Waals surface area contributed by atoms with Gasteiger partial charge in [0.2, 0.25) is 5.91 Å². The van der Waals surface area contributed by atoms with Crippen molar-refractivity contribution in [3.8, 4) is 0 Å². The third kappa shape index (κ3) is 2.88.